The second kappa shape index (κ2) is 60.4. The van der Waals surface area contributed by atoms with Gasteiger partial charge in [-0.2, -0.15) is 0 Å². The molecular formula is C67H110O6. The average Bonchev–Trinajstić information content (AvgIpc) is 3.39. The van der Waals surface area contributed by atoms with Gasteiger partial charge in [0.2, 0.25) is 0 Å². The molecule has 0 radical (unpaired) electrons. The number of rotatable bonds is 53. The minimum atomic E-state index is -0.815. The summed E-state index contributed by atoms with van der Waals surface area (Å²) in [5.74, 6) is -0.975. The molecule has 0 aliphatic carbocycles. The lowest BCUT2D eigenvalue weighted by molar-refractivity contribution is -0.167. The number of carbonyl (C=O) groups excluding carboxylic acids is 3. The Hall–Kier alpha value is -4.19. The van der Waals surface area contributed by atoms with E-state index in [0.29, 0.717) is 19.3 Å². The van der Waals surface area contributed by atoms with E-state index in [2.05, 4.69) is 142 Å². The van der Waals surface area contributed by atoms with E-state index in [1.54, 1.807) is 0 Å². The Labute approximate surface area is 450 Å². The Morgan fingerprint density at radius 2 is 0.548 bits per heavy atom. The normalized spacial score (nSPS) is 13.0. The molecule has 0 bridgehead atoms. The van der Waals surface area contributed by atoms with Crippen LogP contribution in [-0.4, -0.2) is 37.2 Å². The van der Waals surface area contributed by atoms with Crippen LogP contribution in [0.4, 0.5) is 0 Å². The highest BCUT2D eigenvalue weighted by Crippen LogP contribution is 2.15. The van der Waals surface area contributed by atoms with Crippen molar-refractivity contribution in [1.82, 2.24) is 0 Å². The molecule has 73 heavy (non-hydrogen) atoms. The van der Waals surface area contributed by atoms with Crippen LogP contribution in [0.1, 0.15) is 265 Å². The van der Waals surface area contributed by atoms with E-state index < -0.39 is 6.10 Å². The van der Waals surface area contributed by atoms with Crippen LogP contribution in [0, 0.1) is 0 Å². The summed E-state index contributed by atoms with van der Waals surface area (Å²) in [5.41, 5.74) is 0. The van der Waals surface area contributed by atoms with Crippen LogP contribution in [-0.2, 0) is 28.6 Å². The van der Waals surface area contributed by atoms with Gasteiger partial charge in [0.05, 0.1) is 0 Å². The highest BCUT2D eigenvalue weighted by molar-refractivity contribution is 5.71. The Morgan fingerprint density at radius 3 is 0.890 bits per heavy atom. The number of carbonyl (C=O) groups is 3. The van der Waals surface area contributed by atoms with Crippen LogP contribution in [0.5, 0.6) is 0 Å². The molecule has 0 fully saturated rings. The summed E-state index contributed by atoms with van der Waals surface area (Å²) in [6, 6.07) is 0. The molecule has 0 aromatic carbocycles. The molecule has 0 rings (SSSR count). The van der Waals surface area contributed by atoms with Crippen molar-refractivity contribution in [2.75, 3.05) is 13.2 Å². The van der Waals surface area contributed by atoms with E-state index in [-0.39, 0.29) is 37.5 Å². The van der Waals surface area contributed by atoms with E-state index in [1.807, 2.05) is 0 Å². The molecule has 0 amide bonds. The SMILES string of the molecule is CC/C=C\C/C=C\C/C=C\C/C=C\C/C=C\CCCC(=O)OC(COC(=O)CCCCCCC/C=C\CCCCCC)COC(=O)CCCCCCCCCCCCCC/C=C\C/C=C\C/C=C\C/C=C\CC. The first-order chi connectivity index (χ1) is 36.0. The summed E-state index contributed by atoms with van der Waals surface area (Å²) >= 11 is 0. The highest BCUT2D eigenvalue weighted by Gasteiger charge is 2.19. The highest BCUT2D eigenvalue weighted by atomic mass is 16.6. The molecular weight excluding hydrogens is 901 g/mol. The smallest absolute Gasteiger partial charge is 0.306 e. The number of unbranched alkanes of at least 4 members (excludes halogenated alkanes) is 22. The van der Waals surface area contributed by atoms with Gasteiger partial charge in [-0.3, -0.25) is 14.4 Å². The summed E-state index contributed by atoms with van der Waals surface area (Å²) in [6.07, 6.45) is 83.5. The molecule has 0 saturated heterocycles. The van der Waals surface area contributed by atoms with E-state index in [9.17, 15) is 14.4 Å². The summed E-state index contributed by atoms with van der Waals surface area (Å²) in [4.78, 5) is 38.2. The van der Waals surface area contributed by atoms with Gasteiger partial charge in [-0.15, -0.1) is 0 Å². The van der Waals surface area contributed by atoms with E-state index in [4.69, 9.17) is 14.2 Å². The van der Waals surface area contributed by atoms with Gasteiger partial charge in [-0.25, -0.2) is 0 Å². The molecule has 1 atom stereocenters. The van der Waals surface area contributed by atoms with Crippen molar-refractivity contribution in [3.63, 3.8) is 0 Å². The van der Waals surface area contributed by atoms with Crippen molar-refractivity contribution in [2.24, 2.45) is 0 Å². The van der Waals surface area contributed by atoms with Crippen molar-refractivity contribution < 1.29 is 28.6 Å². The van der Waals surface area contributed by atoms with Gasteiger partial charge in [-0.1, -0.05) is 245 Å². The third-order valence-electron chi connectivity index (χ3n) is 12.4. The topological polar surface area (TPSA) is 78.9 Å². The number of allylic oxidation sites excluding steroid dienone is 20. The number of ether oxygens (including phenoxy) is 3. The zero-order valence-electron chi connectivity index (χ0n) is 47.4. The first kappa shape index (κ1) is 68.8. The summed E-state index contributed by atoms with van der Waals surface area (Å²) in [6.45, 7) is 6.35. The van der Waals surface area contributed by atoms with Crippen LogP contribution >= 0.6 is 0 Å². The standard InChI is InChI=1S/C67H110O6/c1-4-7-10-13-16-19-22-25-27-29-30-31-32-33-34-35-36-38-39-42-45-48-51-54-57-60-66(69)72-63-64(62-71-65(68)59-56-53-50-47-44-41-24-21-18-15-12-9-6-3)73-67(70)61-58-55-52-49-46-43-40-37-28-26-23-20-17-14-11-8-5-2/h7-8,10-11,16-17,19-21,24-28,30-31,40,43,49,52,64H,4-6,9,12-15,18,22-23,29,32-39,41-42,44-48,50-51,53-63H2,1-3H3/b10-7-,11-8-,19-16-,20-17-,24-21-,27-25-,28-26-,31-30-,43-40-,52-49-. The number of hydrogen-bond donors (Lipinski definition) is 0. The maximum atomic E-state index is 12.8. The lowest BCUT2D eigenvalue weighted by Crippen LogP contribution is -2.30. The molecule has 6 heteroatoms. The zero-order valence-corrected chi connectivity index (χ0v) is 47.4. The summed E-state index contributed by atoms with van der Waals surface area (Å²) < 4.78 is 16.8. The molecule has 0 heterocycles. The van der Waals surface area contributed by atoms with Crippen molar-refractivity contribution in [1.29, 1.82) is 0 Å². The Bertz CT molecular complexity index is 1540. The van der Waals surface area contributed by atoms with Crippen LogP contribution in [0.15, 0.2) is 122 Å². The van der Waals surface area contributed by atoms with E-state index in [0.717, 1.165) is 116 Å². The van der Waals surface area contributed by atoms with Gasteiger partial charge in [0.15, 0.2) is 6.10 Å². The van der Waals surface area contributed by atoms with Crippen molar-refractivity contribution in [3.05, 3.63) is 122 Å². The predicted octanol–water partition coefficient (Wildman–Crippen LogP) is 20.4. The third kappa shape index (κ3) is 58.6. The second-order valence-electron chi connectivity index (χ2n) is 19.5. The van der Waals surface area contributed by atoms with E-state index in [1.165, 1.54) is 103 Å². The zero-order chi connectivity index (χ0) is 52.9. The molecule has 6 nitrogen and oxygen atoms in total. The van der Waals surface area contributed by atoms with Gasteiger partial charge >= 0.3 is 17.9 Å². The Kier molecular flexibility index (Phi) is 56.9. The molecule has 414 valence electrons. The van der Waals surface area contributed by atoms with Crippen molar-refractivity contribution >= 4 is 17.9 Å². The van der Waals surface area contributed by atoms with Crippen LogP contribution in [0.25, 0.3) is 0 Å². The third-order valence-corrected chi connectivity index (χ3v) is 12.4. The monoisotopic (exact) mass is 1010 g/mol. The molecule has 0 aromatic rings. The first-order valence-corrected chi connectivity index (χ1v) is 30.0. The summed E-state index contributed by atoms with van der Waals surface area (Å²) in [7, 11) is 0. The molecule has 0 N–H and O–H groups in total. The number of hydrogen-bond acceptors (Lipinski definition) is 6. The van der Waals surface area contributed by atoms with E-state index >= 15 is 0 Å². The lowest BCUT2D eigenvalue weighted by atomic mass is 10.0. The molecule has 0 spiro atoms. The minimum absolute atomic E-state index is 0.106. The molecule has 0 aliphatic heterocycles. The Balaban J connectivity index is 4.39. The fraction of sp³-hybridized carbons (Fsp3) is 0.657. The maximum absolute atomic E-state index is 12.8. The van der Waals surface area contributed by atoms with Crippen molar-refractivity contribution in [3.8, 4) is 0 Å². The molecule has 0 aromatic heterocycles. The fourth-order valence-electron chi connectivity index (χ4n) is 7.99. The quantitative estimate of drug-likeness (QED) is 0.0261. The predicted molar refractivity (Wildman–Crippen MR) is 316 cm³/mol. The van der Waals surface area contributed by atoms with Gasteiger partial charge in [0.25, 0.3) is 0 Å². The maximum Gasteiger partial charge on any atom is 0.306 e. The molecule has 0 saturated carbocycles. The average molecular weight is 1010 g/mol. The largest absolute Gasteiger partial charge is 0.462 e. The van der Waals surface area contributed by atoms with Gasteiger partial charge < -0.3 is 14.2 Å². The second-order valence-corrected chi connectivity index (χ2v) is 19.5. The molecule has 0 aliphatic rings. The Morgan fingerprint density at radius 1 is 0.288 bits per heavy atom. The van der Waals surface area contributed by atoms with Gasteiger partial charge in [0, 0.05) is 19.3 Å². The number of esters is 3. The lowest BCUT2D eigenvalue weighted by Gasteiger charge is -2.18. The first-order valence-electron chi connectivity index (χ1n) is 30.0. The van der Waals surface area contributed by atoms with Crippen LogP contribution in [0.2, 0.25) is 0 Å². The molecule has 1 unspecified atom stereocenters. The minimum Gasteiger partial charge on any atom is -0.462 e. The summed E-state index contributed by atoms with van der Waals surface area (Å²) in [5, 5.41) is 0. The fourth-order valence-corrected chi connectivity index (χ4v) is 7.99. The van der Waals surface area contributed by atoms with Crippen molar-refractivity contribution in [2.45, 2.75) is 271 Å². The van der Waals surface area contributed by atoms with Gasteiger partial charge in [-0.05, 0) is 122 Å². The van der Waals surface area contributed by atoms with Crippen LogP contribution < -0.4 is 0 Å². The van der Waals surface area contributed by atoms with Gasteiger partial charge in [0.1, 0.15) is 13.2 Å². The van der Waals surface area contributed by atoms with Crippen LogP contribution in [0.3, 0.4) is 0 Å².